The Bertz CT molecular complexity index is 754. The van der Waals surface area contributed by atoms with Crippen LogP contribution < -0.4 is 0 Å². The molecule has 0 atom stereocenters. The monoisotopic (exact) mass is 343 g/mol. The minimum absolute atomic E-state index is 0. The fraction of sp³-hybridized carbons (Fsp3) is 0.444. The van der Waals surface area contributed by atoms with Gasteiger partial charge in [-0.05, 0) is 42.2 Å². The molecule has 0 amide bonds. The van der Waals surface area contributed by atoms with E-state index in [0.29, 0.717) is 17.4 Å². The van der Waals surface area contributed by atoms with Crippen LogP contribution in [0, 0.1) is 0 Å². The Kier molecular flexibility index (Phi) is 8.25. The van der Waals surface area contributed by atoms with E-state index in [4.69, 9.17) is 0 Å². The van der Waals surface area contributed by atoms with Crippen molar-refractivity contribution in [2.45, 2.75) is 57.3 Å². The van der Waals surface area contributed by atoms with Gasteiger partial charge in [-0.1, -0.05) is 57.0 Å². The summed E-state index contributed by atoms with van der Waals surface area (Å²) in [6.07, 6.45) is 5.64. The zero-order valence-electron chi connectivity index (χ0n) is 14.3. The predicted octanol–water partition coefficient (Wildman–Crippen LogP) is 4.39. The van der Waals surface area contributed by atoms with Crippen molar-refractivity contribution >= 4 is 50.4 Å². The van der Waals surface area contributed by atoms with Gasteiger partial charge < -0.3 is 0 Å². The third-order valence-corrected chi connectivity index (χ3v) is 5.04. The summed E-state index contributed by atoms with van der Waals surface area (Å²) in [5, 5.41) is 1.58. The molecule has 0 aliphatic heterocycles. The third-order valence-electron chi connectivity index (χ3n) is 4.04. The van der Waals surface area contributed by atoms with Crippen LogP contribution in [0.25, 0.3) is 10.8 Å². The van der Waals surface area contributed by atoms with E-state index in [1.165, 1.54) is 0 Å². The Morgan fingerprint density at radius 3 is 2.04 bits per heavy atom. The van der Waals surface area contributed by atoms with Crippen LogP contribution in [0.3, 0.4) is 0 Å². The second-order valence-electron chi connectivity index (χ2n) is 5.75. The summed E-state index contributed by atoms with van der Waals surface area (Å²) in [4.78, 5) is 0.0943. The maximum atomic E-state index is 11.9. The molecule has 0 heterocycles. The van der Waals surface area contributed by atoms with Gasteiger partial charge in [0.25, 0.3) is 10.1 Å². The average Bonchev–Trinajstić information content (AvgIpc) is 2.48. The summed E-state index contributed by atoms with van der Waals surface area (Å²) in [5.41, 5.74) is 1.86. The SMILES string of the molecule is CCCCc1ccc2c(CCCC)cccc2c1S(=O)(=O)O.[Na]. The smallest absolute Gasteiger partial charge is 0.282 e. The van der Waals surface area contributed by atoms with Crippen molar-refractivity contribution in [3.05, 3.63) is 41.5 Å². The van der Waals surface area contributed by atoms with Crippen molar-refractivity contribution < 1.29 is 13.0 Å². The van der Waals surface area contributed by atoms with E-state index < -0.39 is 10.1 Å². The summed E-state index contributed by atoms with van der Waals surface area (Å²) in [7, 11) is -4.23. The largest absolute Gasteiger partial charge is 0.295 e. The first-order valence-electron chi connectivity index (χ1n) is 8.00. The second kappa shape index (κ2) is 9.19. The van der Waals surface area contributed by atoms with E-state index in [1.54, 1.807) is 6.07 Å². The van der Waals surface area contributed by atoms with Gasteiger partial charge in [-0.15, -0.1) is 0 Å². The van der Waals surface area contributed by atoms with Gasteiger partial charge in [-0.25, -0.2) is 0 Å². The molecule has 0 aromatic heterocycles. The quantitative estimate of drug-likeness (QED) is 0.599. The van der Waals surface area contributed by atoms with E-state index in [2.05, 4.69) is 13.8 Å². The second-order valence-corrected chi connectivity index (χ2v) is 7.11. The number of hydrogen-bond donors (Lipinski definition) is 1. The van der Waals surface area contributed by atoms with Gasteiger partial charge >= 0.3 is 0 Å². The Morgan fingerprint density at radius 1 is 0.870 bits per heavy atom. The molecule has 23 heavy (non-hydrogen) atoms. The molecule has 0 spiro atoms. The van der Waals surface area contributed by atoms with Crippen LogP contribution in [0.15, 0.2) is 35.2 Å². The van der Waals surface area contributed by atoms with Crippen LogP contribution in [-0.2, 0) is 23.0 Å². The van der Waals surface area contributed by atoms with Gasteiger partial charge in [0, 0.05) is 34.9 Å². The van der Waals surface area contributed by atoms with Gasteiger partial charge in [0.05, 0.1) is 0 Å². The summed E-state index contributed by atoms with van der Waals surface area (Å²) in [5.74, 6) is 0. The van der Waals surface area contributed by atoms with E-state index in [-0.39, 0.29) is 34.5 Å². The number of benzene rings is 2. The van der Waals surface area contributed by atoms with Gasteiger partial charge in [0.15, 0.2) is 0 Å². The fourth-order valence-electron chi connectivity index (χ4n) is 2.89. The molecule has 0 aliphatic rings. The van der Waals surface area contributed by atoms with Gasteiger partial charge in [-0.2, -0.15) is 8.42 Å². The molecule has 0 fully saturated rings. The molecule has 0 aliphatic carbocycles. The van der Waals surface area contributed by atoms with Crippen LogP contribution in [0.2, 0.25) is 0 Å². The Morgan fingerprint density at radius 2 is 1.48 bits per heavy atom. The molecule has 0 saturated heterocycles. The van der Waals surface area contributed by atoms with Crippen LogP contribution in [0.5, 0.6) is 0 Å². The molecule has 2 aromatic carbocycles. The first kappa shape index (κ1) is 20.7. The maximum absolute atomic E-state index is 11.9. The third kappa shape index (κ3) is 5.04. The summed E-state index contributed by atoms with van der Waals surface area (Å²) in [6, 6.07) is 9.57. The Labute approximate surface area is 161 Å². The van der Waals surface area contributed by atoms with E-state index in [9.17, 15) is 13.0 Å². The molecule has 2 rings (SSSR count). The van der Waals surface area contributed by atoms with E-state index in [0.717, 1.165) is 43.1 Å². The molecule has 0 saturated carbocycles. The number of fused-ring (bicyclic) bond motifs is 1. The fourth-order valence-corrected chi connectivity index (χ4v) is 3.85. The van der Waals surface area contributed by atoms with E-state index >= 15 is 0 Å². The topological polar surface area (TPSA) is 54.4 Å². The normalized spacial score (nSPS) is 11.4. The molecular formula is C18H24NaO3S. The van der Waals surface area contributed by atoms with Gasteiger partial charge in [0.1, 0.15) is 4.90 Å². The van der Waals surface area contributed by atoms with Crippen molar-refractivity contribution in [2.75, 3.05) is 0 Å². The van der Waals surface area contributed by atoms with Crippen molar-refractivity contribution in [1.29, 1.82) is 0 Å². The zero-order chi connectivity index (χ0) is 16.2. The van der Waals surface area contributed by atoms with E-state index in [1.807, 2.05) is 24.3 Å². The summed E-state index contributed by atoms with van der Waals surface area (Å²) >= 11 is 0. The molecule has 1 radical (unpaired) electrons. The predicted molar refractivity (Wildman–Crippen MR) is 96.7 cm³/mol. The number of hydrogen-bond acceptors (Lipinski definition) is 2. The summed E-state index contributed by atoms with van der Waals surface area (Å²) < 4.78 is 33.5. The van der Waals surface area contributed by atoms with Crippen molar-refractivity contribution in [1.82, 2.24) is 0 Å². The van der Waals surface area contributed by atoms with Crippen molar-refractivity contribution in [2.24, 2.45) is 0 Å². The number of unbranched alkanes of at least 4 members (excludes halogenated alkanes) is 2. The van der Waals surface area contributed by atoms with Crippen LogP contribution in [0.4, 0.5) is 0 Å². The summed E-state index contributed by atoms with van der Waals surface area (Å²) in [6.45, 7) is 4.20. The maximum Gasteiger partial charge on any atom is 0.295 e. The molecule has 2 aromatic rings. The first-order chi connectivity index (χ1) is 10.5. The minimum Gasteiger partial charge on any atom is -0.282 e. The Balaban J connectivity index is 0.00000264. The van der Waals surface area contributed by atoms with Crippen LogP contribution in [0.1, 0.15) is 50.7 Å². The number of aryl methyl sites for hydroxylation is 2. The number of rotatable bonds is 7. The van der Waals surface area contributed by atoms with Crippen LogP contribution in [-0.4, -0.2) is 42.5 Å². The Hall–Kier alpha value is -0.390. The first-order valence-corrected chi connectivity index (χ1v) is 9.44. The van der Waals surface area contributed by atoms with Crippen molar-refractivity contribution in [3.8, 4) is 0 Å². The standard InChI is InChI=1S/C18H24O3S.Na/c1-3-5-8-14-10-7-11-17-16(14)13-12-15(9-6-4-2)18(17)22(19,20)21;/h7,10-13H,3-6,8-9H2,1-2H3,(H,19,20,21);. The van der Waals surface area contributed by atoms with Gasteiger partial charge in [-0.3, -0.25) is 4.55 Å². The molecule has 121 valence electrons. The zero-order valence-corrected chi connectivity index (χ0v) is 17.1. The van der Waals surface area contributed by atoms with Gasteiger partial charge in [0.2, 0.25) is 0 Å². The molecule has 3 nitrogen and oxygen atoms in total. The minimum atomic E-state index is -4.23. The van der Waals surface area contributed by atoms with Crippen LogP contribution >= 0.6 is 0 Å². The molecule has 5 heteroatoms. The molecule has 1 N–H and O–H groups in total. The molecule has 0 unspecified atom stereocenters. The van der Waals surface area contributed by atoms with Crippen molar-refractivity contribution in [3.63, 3.8) is 0 Å². The molecule has 0 bridgehead atoms. The average molecular weight is 343 g/mol. The molecular weight excluding hydrogens is 319 g/mol.